The largest absolute Gasteiger partial charge is 0.418 e. The molecule has 1 amide bonds. The Morgan fingerprint density at radius 1 is 1.43 bits per heavy atom. The predicted octanol–water partition coefficient (Wildman–Crippen LogP) is 2.73. The van der Waals surface area contributed by atoms with Crippen LogP contribution in [0.1, 0.15) is 18.4 Å². The van der Waals surface area contributed by atoms with Crippen molar-refractivity contribution < 1.29 is 27.6 Å². The maximum atomic E-state index is 12.9. The van der Waals surface area contributed by atoms with Crippen LogP contribution in [0.5, 0.6) is 0 Å². The first kappa shape index (κ1) is 15.2. The first-order chi connectivity index (χ1) is 9.79. The molecule has 1 fully saturated rings. The Labute approximate surface area is 117 Å². The Kier molecular flexibility index (Phi) is 4.12. The Morgan fingerprint density at radius 3 is 2.67 bits per heavy atom. The molecule has 0 aromatic heterocycles. The molecule has 0 radical (unpaired) electrons. The average molecular weight is 304 g/mol. The van der Waals surface area contributed by atoms with Crippen LogP contribution in [0.25, 0.3) is 0 Å². The zero-order valence-corrected chi connectivity index (χ0v) is 10.6. The third-order valence-electron chi connectivity index (χ3n) is 3.00. The van der Waals surface area contributed by atoms with Crippen molar-refractivity contribution in [2.45, 2.75) is 25.1 Å². The van der Waals surface area contributed by atoms with E-state index in [1.807, 2.05) is 0 Å². The lowest BCUT2D eigenvalue weighted by molar-refractivity contribution is -0.385. The Hall–Kier alpha value is -2.16. The van der Waals surface area contributed by atoms with Crippen LogP contribution < -0.4 is 5.32 Å². The molecule has 0 bridgehead atoms. The standard InChI is InChI=1S/C12H11F3N2O4/c13-12(14,15)8-6-7(17(19)20)3-4-9(8)16-11(18)10-2-1-5-21-10/h3-4,6,10H,1-2,5H2,(H,16,18). The van der Waals surface area contributed by atoms with Crippen LogP contribution in [0, 0.1) is 10.1 Å². The molecule has 1 aromatic carbocycles. The summed E-state index contributed by atoms with van der Waals surface area (Å²) in [6, 6.07) is 2.17. The number of hydrogen-bond acceptors (Lipinski definition) is 4. The molecule has 1 unspecified atom stereocenters. The van der Waals surface area contributed by atoms with Gasteiger partial charge < -0.3 is 10.1 Å². The second-order valence-electron chi connectivity index (χ2n) is 4.48. The quantitative estimate of drug-likeness (QED) is 0.687. The van der Waals surface area contributed by atoms with Crippen molar-refractivity contribution in [2.24, 2.45) is 0 Å². The molecule has 0 spiro atoms. The normalized spacial score (nSPS) is 18.5. The Bertz CT molecular complexity index is 568. The fourth-order valence-corrected chi connectivity index (χ4v) is 1.99. The number of rotatable bonds is 3. The summed E-state index contributed by atoms with van der Waals surface area (Å²) in [5.74, 6) is -0.688. The van der Waals surface area contributed by atoms with Crippen LogP contribution in [-0.2, 0) is 15.7 Å². The Balaban J connectivity index is 2.29. The zero-order chi connectivity index (χ0) is 15.6. The molecule has 0 saturated carbocycles. The molecular weight excluding hydrogens is 293 g/mol. The van der Waals surface area contributed by atoms with Crippen LogP contribution in [0.2, 0.25) is 0 Å². The number of carbonyl (C=O) groups excluding carboxylic acids is 1. The zero-order valence-electron chi connectivity index (χ0n) is 10.6. The monoisotopic (exact) mass is 304 g/mol. The van der Waals surface area contributed by atoms with Gasteiger partial charge in [0.05, 0.1) is 16.2 Å². The summed E-state index contributed by atoms with van der Waals surface area (Å²) in [5, 5.41) is 12.7. The summed E-state index contributed by atoms with van der Waals surface area (Å²) in [6.45, 7) is 0.379. The molecule has 1 aliphatic rings. The van der Waals surface area contributed by atoms with E-state index >= 15 is 0 Å². The molecule has 9 heteroatoms. The van der Waals surface area contributed by atoms with Crippen molar-refractivity contribution in [1.82, 2.24) is 0 Å². The number of amides is 1. The number of ether oxygens (including phenoxy) is 1. The van der Waals surface area contributed by atoms with Crippen LogP contribution >= 0.6 is 0 Å². The van der Waals surface area contributed by atoms with Crippen molar-refractivity contribution in [2.75, 3.05) is 11.9 Å². The number of alkyl halides is 3. The molecule has 1 N–H and O–H groups in total. The number of nitro groups is 1. The molecule has 1 saturated heterocycles. The number of benzene rings is 1. The number of nitrogens with one attached hydrogen (secondary N) is 1. The van der Waals surface area contributed by atoms with Crippen molar-refractivity contribution >= 4 is 17.3 Å². The predicted molar refractivity (Wildman–Crippen MR) is 65.7 cm³/mol. The fourth-order valence-electron chi connectivity index (χ4n) is 1.99. The number of anilines is 1. The maximum Gasteiger partial charge on any atom is 0.418 e. The number of halogens is 3. The van der Waals surface area contributed by atoms with Crippen LogP contribution in [-0.4, -0.2) is 23.5 Å². The number of non-ortho nitro benzene ring substituents is 1. The van der Waals surface area contributed by atoms with Gasteiger partial charge in [-0.1, -0.05) is 0 Å². The van der Waals surface area contributed by atoms with Crippen LogP contribution in [0.4, 0.5) is 24.5 Å². The van der Waals surface area contributed by atoms with Gasteiger partial charge in [-0.25, -0.2) is 0 Å². The minimum atomic E-state index is -4.81. The van der Waals surface area contributed by atoms with Gasteiger partial charge in [0.15, 0.2) is 0 Å². The van der Waals surface area contributed by atoms with Gasteiger partial charge in [-0.15, -0.1) is 0 Å². The molecule has 114 valence electrons. The topological polar surface area (TPSA) is 81.5 Å². The highest BCUT2D eigenvalue weighted by molar-refractivity contribution is 5.95. The van der Waals surface area contributed by atoms with Gasteiger partial charge in [-0.2, -0.15) is 13.2 Å². The molecule has 6 nitrogen and oxygen atoms in total. The maximum absolute atomic E-state index is 12.9. The van der Waals surface area contributed by atoms with Crippen molar-refractivity contribution in [3.05, 3.63) is 33.9 Å². The van der Waals surface area contributed by atoms with Gasteiger partial charge in [0.1, 0.15) is 6.10 Å². The van der Waals surface area contributed by atoms with Crippen LogP contribution in [0.3, 0.4) is 0 Å². The average Bonchev–Trinajstić information content (AvgIpc) is 2.91. The van der Waals surface area contributed by atoms with E-state index in [2.05, 4.69) is 5.32 Å². The highest BCUT2D eigenvalue weighted by atomic mass is 19.4. The van der Waals surface area contributed by atoms with Crippen molar-refractivity contribution in [1.29, 1.82) is 0 Å². The molecule has 1 heterocycles. The number of hydrogen-bond donors (Lipinski definition) is 1. The summed E-state index contributed by atoms with van der Waals surface area (Å²) >= 11 is 0. The summed E-state index contributed by atoms with van der Waals surface area (Å²) in [5.41, 5.74) is -2.48. The molecule has 1 atom stereocenters. The van der Waals surface area contributed by atoms with E-state index in [-0.39, 0.29) is 0 Å². The molecule has 1 aliphatic heterocycles. The van der Waals surface area contributed by atoms with E-state index in [1.54, 1.807) is 0 Å². The minimum absolute atomic E-state index is 0.379. The second-order valence-corrected chi connectivity index (χ2v) is 4.48. The number of nitrogens with zero attached hydrogens (tertiary/aromatic N) is 1. The highest BCUT2D eigenvalue weighted by Gasteiger charge is 2.36. The van der Waals surface area contributed by atoms with E-state index < -0.39 is 40.0 Å². The Morgan fingerprint density at radius 2 is 2.14 bits per heavy atom. The first-order valence-corrected chi connectivity index (χ1v) is 6.07. The number of carbonyl (C=O) groups is 1. The summed E-state index contributed by atoms with van der Waals surface area (Å²) in [7, 11) is 0. The molecule has 21 heavy (non-hydrogen) atoms. The van der Waals surface area contributed by atoms with E-state index in [0.29, 0.717) is 25.5 Å². The van der Waals surface area contributed by atoms with Crippen molar-refractivity contribution in [3.63, 3.8) is 0 Å². The lowest BCUT2D eigenvalue weighted by Gasteiger charge is -2.15. The van der Waals surface area contributed by atoms with E-state index in [0.717, 1.165) is 12.1 Å². The summed E-state index contributed by atoms with van der Waals surface area (Å²) in [6.07, 6.45) is -4.52. The number of nitro benzene ring substituents is 1. The van der Waals surface area contributed by atoms with E-state index in [4.69, 9.17) is 4.74 Å². The minimum Gasteiger partial charge on any atom is -0.368 e. The van der Waals surface area contributed by atoms with Crippen molar-refractivity contribution in [3.8, 4) is 0 Å². The third kappa shape index (κ3) is 3.48. The van der Waals surface area contributed by atoms with Gasteiger partial charge >= 0.3 is 6.18 Å². The molecule has 0 aliphatic carbocycles. The van der Waals surface area contributed by atoms with Gasteiger partial charge in [0, 0.05) is 18.7 Å². The molecule has 1 aromatic rings. The van der Waals surface area contributed by atoms with Crippen LogP contribution in [0.15, 0.2) is 18.2 Å². The second kappa shape index (κ2) is 5.68. The van der Waals surface area contributed by atoms with Gasteiger partial charge in [0.2, 0.25) is 0 Å². The first-order valence-electron chi connectivity index (χ1n) is 6.07. The third-order valence-corrected chi connectivity index (χ3v) is 3.00. The molecule has 2 rings (SSSR count). The lowest BCUT2D eigenvalue weighted by atomic mass is 10.1. The molecular formula is C12H11F3N2O4. The van der Waals surface area contributed by atoms with Gasteiger partial charge in [-0.05, 0) is 18.9 Å². The summed E-state index contributed by atoms with van der Waals surface area (Å²) < 4.78 is 43.8. The van der Waals surface area contributed by atoms with Gasteiger partial charge in [0.25, 0.3) is 11.6 Å². The fraction of sp³-hybridized carbons (Fsp3) is 0.417. The smallest absolute Gasteiger partial charge is 0.368 e. The van der Waals surface area contributed by atoms with Gasteiger partial charge in [-0.3, -0.25) is 14.9 Å². The van der Waals surface area contributed by atoms with E-state index in [9.17, 15) is 28.1 Å². The lowest BCUT2D eigenvalue weighted by Crippen LogP contribution is -2.28. The SMILES string of the molecule is O=C(Nc1ccc([N+](=O)[O-])cc1C(F)(F)F)C1CCCO1. The summed E-state index contributed by atoms with van der Waals surface area (Å²) in [4.78, 5) is 21.4. The highest BCUT2D eigenvalue weighted by Crippen LogP contribution is 2.37. The van der Waals surface area contributed by atoms with E-state index in [1.165, 1.54) is 0 Å².